The van der Waals surface area contributed by atoms with Gasteiger partial charge in [0.1, 0.15) is 0 Å². The van der Waals surface area contributed by atoms with Crippen molar-refractivity contribution in [1.82, 2.24) is 10.2 Å². The summed E-state index contributed by atoms with van der Waals surface area (Å²) >= 11 is 0. The van der Waals surface area contributed by atoms with Gasteiger partial charge in [0, 0.05) is 12.6 Å². The number of rotatable bonds is 4. The SMILES string of the molecule is CCCNC1CCCN(C2CCCC2(C)C)C1=O. The fraction of sp³-hybridized carbons (Fsp3) is 0.933. The highest BCUT2D eigenvalue weighted by Crippen LogP contribution is 2.41. The molecule has 2 atom stereocenters. The molecule has 1 aliphatic carbocycles. The third-order valence-corrected chi connectivity index (χ3v) is 4.69. The maximum absolute atomic E-state index is 12.6. The first-order valence-electron chi connectivity index (χ1n) is 7.60. The number of carbonyl (C=O) groups is 1. The van der Waals surface area contributed by atoms with Crippen LogP contribution in [0, 0.1) is 5.41 Å². The molecule has 0 bridgehead atoms. The van der Waals surface area contributed by atoms with Crippen LogP contribution in [0.5, 0.6) is 0 Å². The molecule has 1 saturated carbocycles. The van der Waals surface area contributed by atoms with E-state index in [1.165, 1.54) is 19.3 Å². The smallest absolute Gasteiger partial charge is 0.239 e. The number of likely N-dealkylation sites (tertiary alicyclic amines) is 1. The van der Waals surface area contributed by atoms with E-state index in [1.54, 1.807) is 0 Å². The number of hydrogen-bond donors (Lipinski definition) is 1. The lowest BCUT2D eigenvalue weighted by Gasteiger charge is -2.42. The van der Waals surface area contributed by atoms with E-state index in [-0.39, 0.29) is 6.04 Å². The van der Waals surface area contributed by atoms with Crippen molar-refractivity contribution in [2.75, 3.05) is 13.1 Å². The summed E-state index contributed by atoms with van der Waals surface area (Å²) in [7, 11) is 0. The summed E-state index contributed by atoms with van der Waals surface area (Å²) in [6.07, 6.45) is 6.99. The lowest BCUT2D eigenvalue weighted by molar-refractivity contribution is -0.140. The fourth-order valence-electron chi connectivity index (χ4n) is 3.60. The van der Waals surface area contributed by atoms with E-state index >= 15 is 0 Å². The van der Waals surface area contributed by atoms with Crippen molar-refractivity contribution in [1.29, 1.82) is 0 Å². The Morgan fingerprint density at radius 1 is 1.33 bits per heavy atom. The van der Waals surface area contributed by atoms with Crippen LogP contribution < -0.4 is 5.32 Å². The summed E-state index contributed by atoms with van der Waals surface area (Å²) in [5.74, 6) is 0.356. The van der Waals surface area contributed by atoms with Crippen molar-refractivity contribution >= 4 is 5.91 Å². The van der Waals surface area contributed by atoms with E-state index < -0.39 is 0 Å². The summed E-state index contributed by atoms with van der Waals surface area (Å²) in [6, 6.07) is 0.548. The molecule has 0 spiro atoms. The molecule has 2 aliphatic rings. The Kier molecular flexibility index (Phi) is 4.31. The molecule has 18 heavy (non-hydrogen) atoms. The monoisotopic (exact) mass is 252 g/mol. The van der Waals surface area contributed by atoms with Gasteiger partial charge in [-0.15, -0.1) is 0 Å². The molecule has 2 unspecified atom stereocenters. The van der Waals surface area contributed by atoms with Gasteiger partial charge >= 0.3 is 0 Å². The number of nitrogens with one attached hydrogen (secondary N) is 1. The molecule has 0 aromatic carbocycles. The zero-order valence-corrected chi connectivity index (χ0v) is 12.2. The van der Waals surface area contributed by atoms with Gasteiger partial charge in [-0.25, -0.2) is 0 Å². The Hall–Kier alpha value is -0.570. The molecule has 1 saturated heterocycles. The highest BCUT2D eigenvalue weighted by atomic mass is 16.2. The van der Waals surface area contributed by atoms with Crippen molar-refractivity contribution in [3.8, 4) is 0 Å². The van der Waals surface area contributed by atoms with Gasteiger partial charge in [0.15, 0.2) is 0 Å². The van der Waals surface area contributed by atoms with Crippen LogP contribution in [0.2, 0.25) is 0 Å². The predicted molar refractivity (Wildman–Crippen MR) is 74.4 cm³/mol. The van der Waals surface area contributed by atoms with Crippen LogP contribution in [0.4, 0.5) is 0 Å². The van der Waals surface area contributed by atoms with Crippen LogP contribution in [-0.4, -0.2) is 36.0 Å². The van der Waals surface area contributed by atoms with Crippen LogP contribution in [0.1, 0.15) is 59.3 Å². The normalized spacial score (nSPS) is 31.9. The second kappa shape index (κ2) is 5.60. The third-order valence-electron chi connectivity index (χ3n) is 4.69. The van der Waals surface area contributed by atoms with E-state index in [9.17, 15) is 4.79 Å². The minimum atomic E-state index is 0.0788. The number of nitrogens with zero attached hydrogens (tertiary/aromatic N) is 1. The number of amides is 1. The van der Waals surface area contributed by atoms with Gasteiger partial charge in [-0.3, -0.25) is 4.79 Å². The summed E-state index contributed by atoms with van der Waals surface area (Å²) in [6.45, 7) is 8.72. The van der Waals surface area contributed by atoms with Crippen molar-refractivity contribution in [3.05, 3.63) is 0 Å². The molecule has 104 valence electrons. The highest BCUT2D eigenvalue weighted by molar-refractivity contribution is 5.83. The Balaban J connectivity index is 2.02. The standard InChI is InChI=1S/C15H28N2O/c1-4-10-16-12-7-6-11-17(14(12)18)13-8-5-9-15(13,2)3/h12-13,16H,4-11H2,1-3H3. The molecule has 1 amide bonds. The third kappa shape index (κ3) is 2.71. The molecule has 3 nitrogen and oxygen atoms in total. The quantitative estimate of drug-likeness (QED) is 0.834. The zero-order chi connectivity index (χ0) is 13.2. The van der Waals surface area contributed by atoms with Crippen molar-refractivity contribution in [2.45, 2.75) is 71.4 Å². The number of carbonyl (C=O) groups excluding carboxylic acids is 1. The number of hydrogen-bond acceptors (Lipinski definition) is 2. The second-order valence-corrected chi connectivity index (χ2v) is 6.58. The lowest BCUT2D eigenvalue weighted by Crippen LogP contribution is -2.56. The maximum atomic E-state index is 12.6. The van der Waals surface area contributed by atoms with Gasteiger partial charge in [-0.1, -0.05) is 27.2 Å². The molecule has 0 aromatic heterocycles. The lowest BCUT2D eigenvalue weighted by atomic mass is 9.85. The van der Waals surface area contributed by atoms with Crippen LogP contribution >= 0.6 is 0 Å². The van der Waals surface area contributed by atoms with Crippen LogP contribution in [0.15, 0.2) is 0 Å². The Morgan fingerprint density at radius 3 is 2.72 bits per heavy atom. The molecule has 2 rings (SSSR count). The van der Waals surface area contributed by atoms with E-state index in [4.69, 9.17) is 0 Å². The van der Waals surface area contributed by atoms with Gasteiger partial charge in [-0.05, 0) is 44.1 Å². The summed E-state index contributed by atoms with van der Waals surface area (Å²) in [4.78, 5) is 14.8. The minimum absolute atomic E-state index is 0.0788. The molecular formula is C15H28N2O. The first kappa shape index (κ1) is 13.9. The minimum Gasteiger partial charge on any atom is -0.338 e. The van der Waals surface area contributed by atoms with Gasteiger partial charge < -0.3 is 10.2 Å². The average molecular weight is 252 g/mol. The van der Waals surface area contributed by atoms with Crippen LogP contribution in [0.3, 0.4) is 0 Å². The fourth-order valence-corrected chi connectivity index (χ4v) is 3.60. The Bertz CT molecular complexity index is 301. The van der Waals surface area contributed by atoms with Gasteiger partial charge in [-0.2, -0.15) is 0 Å². The molecule has 3 heteroatoms. The first-order chi connectivity index (χ1) is 8.56. The number of piperidine rings is 1. The van der Waals surface area contributed by atoms with E-state index in [0.29, 0.717) is 17.4 Å². The maximum Gasteiger partial charge on any atom is 0.239 e. The van der Waals surface area contributed by atoms with Crippen molar-refractivity contribution in [3.63, 3.8) is 0 Å². The molecule has 2 fully saturated rings. The van der Waals surface area contributed by atoms with E-state index in [1.807, 2.05) is 0 Å². The van der Waals surface area contributed by atoms with Crippen LogP contribution in [-0.2, 0) is 4.79 Å². The molecular weight excluding hydrogens is 224 g/mol. The van der Waals surface area contributed by atoms with Gasteiger partial charge in [0.2, 0.25) is 5.91 Å². The van der Waals surface area contributed by atoms with Gasteiger partial charge in [0.25, 0.3) is 0 Å². The molecule has 1 N–H and O–H groups in total. The second-order valence-electron chi connectivity index (χ2n) is 6.58. The molecule has 1 aliphatic heterocycles. The Labute approximate surface area is 111 Å². The van der Waals surface area contributed by atoms with Crippen molar-refractivity contribution in [2.24, 2.45) is 5.41 Å². The summed E-state index contributed by atoms with van der Waals surface area (Å²) < 4.78 is 0. The molecule has 0 radical (unpaired) electrons. The van der Waals surface area contributed by atoms with Gasteiger partial charge in [0.05, 0.1) is 6.04 Å². The van der Waals surface area contributed by atoms with Crippen LogP contribution in [0.25, 0.3) is 0 Å². The Morgan fingerprint density at radius 2 is 2.11 bits per heavy atom. The van der Waals surface area contributed by atoms with Crippen molar-refractivity contribution < 1.29 is 4.79 Å². The highest BCUT2D eigenvalue weighted by Gasteiger charge is 2.42. The largest absolute Gasteiger partial charge is 0.338 e. The zero-order valence-electron chi connectivity index (χ0n) is 12.2. The summed E-state index contributed by atoms with van der Waals surface area (Å²) in [5, 5.41) is 3.41. The topological polar surface area (TPSA) is 32.3 Å². The summed E-state index contributed by atoms with van der Waals surface area (Å²) in [5.41, 5.74) is 0.308. The van der Waals surface area contributed by atoms with E-state index in [0.717, 1.165) is 32.4 Å². The molecule has 0 aromatic rings. The molecule has 1 heterocycles. The first-order valence-corrected chi connectivity index (χ1v) is 7.60. The van der Waals surface area contributed by atoms with E-state index in [2.05, 4.69) is 31.0 Å². The predicted octanol–water partition coefficient (Wildman–Crippen LogP) is 2.56. The average Bonchev–Trinajstić information content (AvgIpc) is 2.68.